The monoisotopic (exact) mass is 259 g/mol. The second-order valence-corrected chi connectivity index (χ2v) is 4.46. The van der Waals surface area contributed by atoms with Crippen molar-refractivity contribution in [3.8, 4) is 0 Å². The molecule has 0 saturated carbocycles. The first-order valence-electron chi connectivity index (χ1n) is 6.13. The highest BCUT2D eigenvalue weighted by atomic mass is 16.4. The van der Waals surface area contributed by atoms with E-state index in [1.165, 1.54) is 0 Å². The molecule has 1 aromatic heterocycles. The maximum atomic E-state index is 11.2. The van der Waals surface area contributed by atoms with Crippen molar-refractivity contribution in [2.75, 3.05) is 11.9 Å². The first kappa shape index (κ1) is 13.1. The second kappa shape index (κ2) is 5.56. The molecule has 0 aliphatic rings. The van der Waals surface area contributed by atoms with Crippen molar-refractivity contribution in [3.05, 3.63) is 47.3 Å². The minimum Gasteiger partial charge on any atom is -0.478 e. The number of aryl methyl sites for hydroxylation is 2. The van der Waals surface area contributed by atoms with Gasteiger partial charge in [-0.1, -0.05) is 12.1 Å². The zero-order valence-electron chi connectivity index (χ0n) is 11.1. The van der Waals surface area contributed by atoms with Crippen LogP contribution >= 0.6 is 0 Å². The smallest absolute Gasteiger partial charge is 0.337 e. The predicted molar refractivity (Wildman–Crippen MR) is 73.5 cm³/mol. The summed E-state index contributed by atoms with van der Waals surface area (Å²) in [5, 5.41) is 16.6. The number of hydrogen-bond donors (Lipinski definition) is 2. The number of anilines is 1. The number of para-hydroxylation sites is 1. The quantitative estimate of drug-likeness (QED) is 0.862. The van der Waals surface area contributed by atoms with Crippen molar-refractivity contribution in [2.45, 2.75) is 13.3 Å². The number of nitrogens with zero attached hydrogens (tertiary/aromatic N) is 2. The van der Waals surface area contributed by atoms with Gasteiger partial charge in [0.15, 0.2) is 0 Å². The van der Waals surface area contributed by atoms with Crippen molar-refractivity contribution in [3.63, 3.8) is 0 Å². The Morgan fingerprint density at radius 2 is 2.21 bits per heavy atom. The van der Waals surface area contributed by atoms with Crippen LogP contribution in [-0.2, 0) is 13.5 Å². The van der Waals surface area contributed by atoms with Crippen LogP contribution in [0.3, 0.4) is 0 Å². The lowest BCUT2D eigenvalue weighted by atomic mass is 10.1. The molecule has 0 fully saturated rings. The maximum absolute atomic E-state index is 11.2. The van der Waals surface area contributed by atoms with E-state index < -0.39 is 5.97 Å². The van der Waals surface area contributed by atoms with Crippen LogP contribution < -0.4 is 5.32 Å². The van der Waals surface area contributed by atoms with Crippen LogP contribution in [0, 0.1) is 6.92 Å². The maximum Gasteiger partial charge on any atom is 0.337 e. The highest BCUT2D eigenvalue weighted by molar-refractivity contribution is 5.95. The SMILES string of the molecule is Cc1cccc(C(=O)O)c1NCCc1ccn(C)n1. The van der Waals surface area contributed by atoms with Gasteiger partial charge in [0.05, 0.1) is 16.9 Å². The molecule has 1 heterocycles. The first-order chi connectivity index (χ1) is 9.08. The first-order valence-corrected chi connectivity index (χ1v) is 6.13. The van der Waals surface area contributed by atoms with Gasteiger partial charge in [-0.15, -0.1) is 0 Å². The standard InChI is InChI=1S/C14H17N3O2/c1-10-4-3-5-12(14(18)19)13(10)15-8-6-11-7-9-17(2)16-11/h3-5,7,9,15H,6,8H2,1-2H3,(H,18,19). The molecule has 0 atom stereocenters. The predicted octanol–water partition coefficient (Wildman–Crippen LogP) is 2.08. The highest BCUT2D eigenvalue weighted by Crippen LogP contribution is 2.20. The molecular formula is C14H17N3O2. The summed E-state index contributed by atoms with van der Waals surface area (Å²) in [6.07, 6.45) is 2.65. The molecule has 100 valence electrons. The summed E-state index contributed by atoms with van der Waals surface area (Å²) in [7, 11) is 1.88. The summed E-state index contributed by atoms with van der Waals surface area (Å²) in [5.41, 5.74) is 2.91. The van der Waals surface area contributed by atoms with E-state index in [0.717, 1.165) is 17.7 Å². The van der Waals surface area contributed by atoms with Crippen LogP contribution in [0.4, 0.5) is 5.69 Å². The molecule has 0 aliphatic heterocycles. The van der Waals surface area contributed by atoms with Gasteiger partial charge in [0.1, 0.15) is 0 Å². The summed E-state index contributed by atoms with van der Waals surface area (Å²) in [5.74, 6) is -0.913. The van der Waals surface area contributed by atoms with Gasteiger partial charge in [-0.3, -0.25) is 4.68 Å². The molecule has 0 unspecified atom stereocenters. The molecule has 5 nitrogen and oxygen atoms in total. The van der Waals surface area contributed by atoms with Gasteiger partial charge in [0.2, 0.25) is 0 Å². The van der Waals surface area contributed by atoms with Gasteiger partial charge >= 0.3 is 5.97 Å². The third-order valence-corrected chi connectivity index (χ3v) is 2.95. The molecule has 0 amide bonds. The minimum absolute atomic E-state index is 0.307. The van der Waals surface area contributed by atoms with Crippen molar-refractivity contribution >= 4 is 11.7 Å². The molecule has 0 bridgehead atoms. The Labute approximate surface area is 111 Å². The van der Waals surface area contributed by atoms with Crippen LogP contribution in [0.2, 0.25) is 0 Å². The van der Waals surface area contributed by atoms with Gasteiger partial charge in [-0.05, 0) is 24.6 Å². The van der Waals surface area contributed by atoms with Gasteiger partial charge in [-0.25, -0.2) is 4.79 Å². The van der Waals surface area contributed by atoms with Crippen LogP contribution in [-0.4, -0.2) is 27.4 Å². The Balaban J connectivity index is 2.05. The number of aromatic carboxylic acids is 1. The highest BCUT2D eigenvalue weighted by Gasteiger charge is 2.11. The molecule has 19 heavy (non-hydrogen) atoms. The van der Waals surface area contributed by atoms with Crippen molar-refractivity contribution < 1.29 is 9.90 Å². The summed E-state index contributed by atoms with van der Waals surface area (Å²) in [6, 6.07) is 7.22. The average Bonchev–Trinajstić information content (AvgIpc) is 2.77. The van der Waals surface area contributed by atoms with Gasteiger partial charge < -0.3 is 10.4 Å². The van der Waals surface area contributed by atoms with E-state index >= 15 is 0 Å². The summed E-state index contributed by atoms with van der Waals surface area (Å²) >= 11 is 0. The summed E-state index contributed by atoms with van der Waals surface area (Å²) in [6.45, 7) is 2.55. The third kappa shape index (κ3) is 3.13. The number of benzene rings is 1. The zero-order chi connectivity index (χ0) is 13.8. The van der Waals surface area contributed by atoms with Crippen LogP contribution in [0.25, 0.3) is 0 Å². The average molecular weight is 259 g/mol. The normalized spacial score (nSPS) is 10.4. The molecule has 0 spiro atoms. The molecular weight excluding hydrogens is 242 g/mol. The van der Waals surface area contributed by atoms with Gasteiger partial charge in [0.25, 0.3) is 0 Å². The van der Waals surface area contributed by atoms with Crippen LogP contribution in [0.5, 0.6) is 0 Å². The van der Waals surface area contributed by atoms with E-state index in [1.807, 2.05) is 32.3 Å². The Bertz CT molecular complexity index is 590. The van der Waals surface area contributed by atoms with Crippen molar-refractivity contribution in [2.24, 2.45) is 7.05 Å². The van der Waals surface area contributed by atoms with E-state index in [2.05, 4.69) is 10.4 Å². The Morgan fingerprint density at radius 1 is 1.42 bits per heavy atom. The molecule has 0 radical (unpaired) electrons. The number of carbonyl (C=O) groups is 1. The number of nitrogens with one attached hydrogen (secondary N) is 1. The number of aromatic nitrogens is 2. The molecule has 0 aliphatic carbocycles. The van der Waals surface area contributed by atoms with E-state index in [-0.39, 0.29) is 0 Å². The number of carboxylic acids is 1. The molecule has 2 rings (SSSR count). The minimum atomic E-state index is -0.913. The number of rotatable bonds is 5. The molecule has 2 aromatic rings. The Hall–Kier alpha value is -2.30. The lowest BCUT2D eigenvalue weighted by Gasteiger charge is -2.11. The topological polar surface area (TPSA) is 67.2 Å². The van der Waals surface area contributed by atoms with Gasteiger partial charge in [0, 0.05) is 26.2 Å². The lowest BCUT2D eigenvalue weighted by Crippen LogP contribution is -2.11. The van der Waals surface area contributed by atoms with E-state index in [9.17, 15) is 4.79 Å². The number of hydrogen-bond acceptors (Lipinski definition) is 3. The largest absolute Gasteiger partial charge is 0.478 e. The van der Waals surface area contributed by atoms with Crippen molar-refractivity contribution in [1.82, 2.24) is 9.78 Å². The lowest BCUT2D eigenvalue weighted by molar-refractivity contribution is 0.0698. The molecule has 5 heteroatoms. The zero-order valence-corrected chi connectivity index (χ0v) is 11.1. The van der Waals surface area contributed by atoms with E-state index in [4.69, 9.17) is 5.11 Å². The van der Waals surface area contributed by atoms with E-state index in [1.54, 1.807) is 16.8 Å². The Morgan fingerprint density at radius 3 is 2.84 bits per heavy atom. The summed E-state index contributed by atoms with van der Waals surface area (Å²) < 4.78 is 1.76. The van der Waals surface area contributed by atoms with Crippen LogP contribution in [0.1, 0.15) is 21.6 Å². The fourth-order valence-corrected chi connectivity index (χ4v) is 1.99. The summed E-state index contributed by atoms with van der Waals surface area (Å²) in [4.78, 5) is 11.2. The second-order valence-electron chi connectivity index (χ2n) is 4.46. The molecule has 0 saturated heterocycles. The Kier molecular flexibility index (Phi) is 3.85. The fourth-order valence-electron chi connectivity index (χ4n) is 1.99. The number of carboxylic acid groups (broad SMARTS) is 1. The van der Waals surface area contributed by atoms with Crippen LogP contribution in [0.15, 0.2) is 30.5 Å². The fraction of sp³-hybridized carbons (Fsp3) is 0.286. The third-order valence-electron chi connectivity index (χ3n) is 2.95. The molecule has 1 aromatic carbocycles. The molecule has 2 N–H and O–H groups in total. The van der Waals surface area contributed by atoms with Crippen molar-refractivity contribution in [1.29, 1.82) is 0 Å². The van der Waals surface area contributed by atoms with E-state index in [0.29, 0.717) is 17.8 Å². The van der Waals surface area contributed by atoms with Gasteiger partial charge in [-0.2, -0.15) is 5.10 Å².